The van der Waals surface area contributed by atoms with Gasteiger partial charge in [0.05, 0.1) is 0 Å². The molecule has 1 aromatic carbocycles. The molecular formula is C17H28O. The van der Waals surface area contributed by atoms with Crippen LogP contribution in [0, 0.1) is 5.92 Å². The van der Waals surface area contributed by atoms with E-state index in [-0.39, 0.29) is 5.60 Å². The fraction of sp³-hybridized carbons (Fsp3) is 0.647. The second kappa shape index (κ2) is 6.26. The largest absolute Gasteiger partial charge is 0.488 e. The zero-order valence-electron chi connectivity index (χ0n) is 12.8. The summed E-state index contributed by atoms with van der Waals surface area (Å²) in [6, 6.07) is 8.65. The maximum atomic E-state index is 5.86. The van der Waals surface area contributed by atoms with Crippen molar-refractivity contribution in [3.05, 3.63) is 29.8 Å². The van der Waals surface area contributed by atoms with E-state index in [0.717, 1.165) is 5.75 Å². The Morgan fingerprint density at radius 2 is 1.61 bits per heavy atom. The van der Waals surface area contributed by atoms with Gasteiger partial charge in [-0.25, -0.2) is 0 Å². The van der Waals surface area contributed by atoms with Crippen LogP contribution >= 0.6 is 0 Å². The van der Waals surface area contributed by atoms with Gasteiger partial charge in [-0.3, -0.25) is 0 Å². The van der Waals surface area contributed by atoms with Crippen molar-refractivity contribution in [2.24, 2.45) is 5.92 Å². The SMILES string of the molecule is CCCC(c1ccc(OC(C)(C)C)cc1)C(C)C. The molecule has 0 saturated heterocycles. The summed E-state index contributed by atoms with van der Waals surface area (Å²) in [6.07, 6.45) is 2.50. The van der Waals surface area contributed by atoms with Crippen LogP contribution in [0.25, 0.3) is 0 Å². The molecule has 0 heterocycles. The van der Waals surface area contributed by atoms with E-state index in [4.69, 9.17) is 4.74 Å². The summed E-state index contributed by atoms with van der Waals surface area (Å²) < 4.78 is 5.86. The number of hydrogen-bond donors (Lipinski definition) is 0. The van der Waals surface area contributed by atoms with Crippen LogP contribution in [0.4, 0.5) is 0 Å². The Kier molecular flexibility index (Phi) is 5.25. The van der Waals surface area contributed by atoms with E-state index in [0.29, 0.717) is 11.8 Å². The lowest BCUT2D eigenvalue weighted by atomic mass is 9.85. The Balaban J connectivity index is 2.80. The monoisotopic (exact) mass is 248 g/mol. The zero-order valence-corrected chi connectivity index (χ0v) is 12.8. The molecule has 0 radical (unpaired) electrons. The fourth-order valence-electron chi connectivity index (χ4n) is 2.33. The molecule has 0 aliphatic carbocycles. The fourth-order valence-corrected chi connectivity index (χ4v) is 2.33. The van der Waals surface area contributed by atoms with Crippen molar-refractivity contribution in [2.75, 3.05) is 0 Å². The maximum absolute atomic E-state index is 5.86. The predicted octanol–water partition coefficient (Wildman–Crippen LogP) is 5.40. The van der Waals surface area contributed by atoms with Crippen LogP contribution in [0.15, 0.2) is 24.3 Å². The Bertz CT molecular complexity index is 343. The standard InChI is InChI=1S/C17H28O/c1-7-8-16(13(2)3)14-9-11-15(12-10-14)18-17(4,5)6/h9-13,16H,7-8H2,1-6H3. The van der Waals surface area contributed by atoms with Gasteiger partial charge in [-0.1, -0.05) is 39.3 Å². The van der Waals surface area contributed by atoms with E-state index in [2.05, 4.69) is 65.8 Å². The minimum absolute atomic E-state index is 0.123. The van der Waals surface area contributed by atoms with Gasteiger partial charge < -0.3 is 4.74 Å². The molecule has 0 N–H and O–H groups in total. The van der Waals surface area contributed by atoms with E-state index < -0.39 is 0 Å². The Morgan fingerprint density at radius 1 is 1.06 bits per heavy atom. The summed E-state index contributed by atoms with van der Waals surface area (Å²) in [6.45, 7) is 13.1. The van der Waals surface area contributed by atoms with Gasteiger partial charge in [0.1, 0.15) is 11.4 Å². The predicted molar refractivity (Wildman–Crippen MR) is 79.3 cm³/mol. The second-order valence-corrected chi connectivity index (χ2v) is 6.42. The molecule has 0 aliphatic heterocycles. The Hall–Kier alpha value is -0.980. The first-order valence-corrected chi connectivity index (χ1v) is 7.12. The van der Waals surface area contributed by atoms with Crippen LogP contribution in [0.1, 0.15) is 65.9 Å². The van der Waals surface area contributed by atoms with Gasteiger partial charge in [-0.2, -0.15) is 0 Å². The van der Waals surface area contributed by atoms with Crippen molar-refractivity contribution < 1.29 is 4.74 Å². The van der Waals surface area contributed by atoms with Gasteiger partial charge in [0.15, 0.2) is 0 Å². The number of hydrogen-bond acceptors (Lipinski definition) is 1. The molecule has 0 fully saturated rings. The molecule has 0 bridgehead atoms. The van der Waals surface area contributed by atoms with Gasteiger partial charge in [0.25, 0.3) is 0 Å². The van der Waals surface area contributed by atoms with E-state index in [9.17, 15) is 0 Å². The van der Waals surface area contributed by atoms with Crippen LogP contribution < -0.4 is 4.74 Å². The van der Waals surface area contributed by atoms with Crippen LogP contribution in [0.2, 0.25) is 0 Å². The van der Waals surface area contributed by atoms with Crippen molar-refractivity contribution in [1.29, 1.82) is 0 Å². The average molecular weight is 248 g/mol. The van der Waals surface area contributed by atoms with E-state index in [1.807, 2.05) is 0 Å². The molecule has 0 aliphatic rings. The molecule has 1 heteroatoms. The summed E-state index contributed by atoms with van der Waals surface area (Å²) >= 11 is 0. The summed E-state index contributed by atoms with van der Waals surface area (Å²) in [5.74, 6) is 2.32. The summed E-state index contributed by atoms with van der Waals surface area (Å²) in [5, 5.41) is 0. The Labute approximate surface area is 113 Å². The minimum Gasteiger partial charge on any atom is -0.488 e. The first-order valence-electron chi connectivity index (χ1n) is 7.12. The average Bonchev–Trinajstić information content (AvgIpc) is 2.25. The van der Waals surface area contributed by atoms with Gasteiger partial charge in [-0.05, 0) is 56.7 Å². The third-order valence-electron chi connectivity index (χ3n) is 3.14. The quantitative estimate of drug-likeness (QED) is 0.677. The molecule has 1 rings (SSSR count). The third-order valence-corrected chi connectivity index (χ3v) is 3.14. The highest BCUT2D eigenvalue weighted by Gasteiger charge is 2.16. The van der Waals surface area contributed by atoms with E-state index in [1.165, 1.54) is 18.4 Å². The molecular weight excluding hydrogens is 220 g/mol. The van der Waals surface area contributed by atoms with Gasteiger partial charge in [-0.15, -0.1) is 0 Å². The van der Waals surface area contributed by atoms with Crippen LogP contribution in [-0.4, -0.2) is 5.60 Å². The van der Waals surface area contributed by atoms with Crippen LogP contribution in [0.5, 0.6) is 5.75 Å². The van der Waals surface area contributed by atoms with E-state index >= 15 is 0 Å². The van der Waals surface area contributed by atoms with Crippen LogP contribution in [0.3, 0.4) is 0 Å². The van der Waals surface area contributed by atoms with Gasteiger partial charge >= 0.3 is 0 Å². The molecule has 0 amide bonds. The smallest absolute Gasteiger partial charge is 0.120 e. The highest BCUT2D eigenvalue weighted by Crippen LogP contribution is 2.30. The lowest BCUT2D eigenvalue weighted by Gasteiger charge is -2.23. The van der Waals surface area contributed by atoms with Crippen molar-refractivity contribution in [3.8, 4) is 5.75 Å². The highest BCUT2D eigenvalue weighted by molar-refractivity contribution is 5.30. The molecule has 1 unspecified atom stereocenters. The molecule has 0 saturated carbocycles. The maximum Gasteiger partial charge on any atom is 0.120 e. The summed E-state index contributed by atoms with van der Waals surface area (Å²) in [4.78, 5) is 0. The molecule has 1 nitrogen and oxygen atoms in total. The van der Waals surface area contributed by atoms with Crippen molar-refractivity contribution in [1.82, 2.24) is 0 Å². The Morgan fingerprint density at radius 3 is 2.00 bits per heavy atom. The van der Waals surface area contributed by atoms with Crippen LogP contribution in [-0.2, 0) is 0 Å². The van der Waals surface area contributed by atoms with E-state index in [1.54, 1.807) is 0 Å². The molecule has 1 atom stereocenters. The number of ether oxygens (including phenoxy) is 1. The molecule has 102 valence electrons. The topological polar surface area (TPSA) is 9.23 Å². The van der Waals surface area contributed by atoms with Crippen molar-refractivity contribution in [3.63, 3.8) is 0 Å². The number of benzene rings is 1. The lowest BCUT2D eigenvalue weighted by molar-refractivity contribution is 0.131. The summed E-state index contributed by atoms with van der Waals surface area (Å²) in [7, 11) is 0. The molecule has 0 aromatic heterocycles. The lowest BCUT2D eigenvalue weighted by Crippen LogP contribution is -2.22. The second-order valence-electron chi connectivity index (χ2n) is 6.42. The van der Waals surface area contributed by atoms with Crippen molar-refractivity contribution >= 4 is 0 Å². The molecule has 1 aromatic rings. The number of rotatable bonds is 5. The first-order chi connectivity index (χ1) is 8.33. The third kappa shape index (κ3) is 4.72. The first kappa shape index (κ1) is 15.1. The zero-order chi connectivity index (χ0) is 13.8. The van der Waals surface area contributed by atoms with Gasteiger partial charge in [0.2, 0.25) is 0 Å². The molecule has 18 heavy (non-hydrogen) atoms. The van der Waals surface area contributed by atoms with Crippen molar-refractivity contribution in [2.45, 2.75) is 65.9 Å². The highest BCUT2D eigenvalue weighted by atomic mass is 16.5. The van der Waals surface area contributed by atoms with Gasteiger partial charge in [0, 0.05) is 0 Å². The normalized spacial score (nSPS) is 13.7. The summed E-state index contributed by atoms with van der Waals surface area (Å²) in [5.41, 5.74) is 1.32. The molecule has 0 spiro atoms. The minimum atomic E-state index is -0.123.